The van der Waals surface area contributed by atoms with Gasteiger partial charge in [0.1, 0.15) is 22.2 Å². The molecule has 0 bridgehead atoms. The van der Waals surface area contributed by atoms with E-state index in [1.165, 1.54) is 4.80 Å². The van der Waals surface area contributed by atoms with Crippen LogP contribution in [0.5, 0.6) is 5.75 Å². The maximum atomic E-state index is 11.2. The van der Waals surface area contributed by atoms with Crippen molar-refractivity contribution >= 4 is 22.1 Å². The molecule has 2 heterocycles. The van der Waals surface area contributed by atoms with E-state index in [9.17, 15) is 5.11 Å². The maximum absolute atomic E-state index is 11.2. The third-order valence-electron chi connectivity index (χ3n) is 5.10. The summed E-state index contributed by atoms with van der Waals surface area (Å²) in [5, 5.41) is 31.4. The van der Waals surface area contributed by atoms with Crippen molar-refractivity contribution in [2.24, 2.45) is 0 Å². The summed E-state index contributed by atoms with van der Waals surface area (Å²) in [7, 11) is 0. The topological polar surface area (TPSA) is 92.5 Å². The smallest absolute Gasteiger partial charge is 0.151 e. The number of hydrogen-bond acceptors (Lipinski definition) is 5. The summed E-state index contributed by atoms with van der Waals surface area (Å²) in [4.78, 5) is 1.50. The molecule has 0 saturated carbocycles. The average Bonchev–Trinajstić information content (AvgIpc) is 3.33. The van der Waals surface area contributed by atoms with Crippen molar-refractivity contribution in [1.29, 1.82) is 0 Å². The van der Waals surface area contributed by atoms with E-state index < -0.39 is 0 Å². The molecule has 0 fully saturated rings. The molecule has 2 aromatic heterocycles. The van der Waals surface area contributed by atoms with E-state index in [4.69, 9.17) is 0 Å². The summed E-state index contributed by atoms with van der Waals surface area (Å²) >= 11 is 0. The molecule has 144 valence electrons. The van der Waals surface area contributed by atoms with Crippen molar-refractivity contribution in [3.63, 3.8) is 0 Å². The first-order valence-corrected chi connectivity index (χ1v) is 9.42. The minimum Gasteiger partial charge on any atom is -0.505 e. The van der Waals surface area contributed by atoms with Gasteiger partial charge in [-0.25, -0.2) is 0 Å². The normalized spacial score (nSPS) is 12.1. The van der Waals surface area contributed by atoms with Gasteiger partial charge in [0, 0.05) is 11.1 Å². The van der Waals surface area contributed by atoms with Gasteiger partial charge in [0.25, 0.3) is 0 Å². The molecule has 29 heavy (non-hydrogen) atoms. The number of phenols is 1. The lowest BCUT2D eigenvalue weighted by Crippen LogP contribution is -2.13. The SMILES string of the molecule is CC(C)(C)c1cc(-c2cccc3[nH]nnc23)c(O)c(-n2nc3ccccc3n2)c1. The Bertz CT molecular complexity index is 1330. The molecule has 0 aliphatic heterocycles. The molecule has 0 radical (unpaired) electrons. The van der Waals surface area contributed by atoms with Crippen molar-refractivity contribution in [1.82, 2.24) is 30.4 Å². The molecule has 5 aromatic rings. The molecule has 0 aliphatic rings. The van der Waals surface area contributed by atoms with Gasteiger partial charge in [-0.1, -0.05) is 50.3 Å². The summed E-state index contributed by atoms with van der Waals surface area (Å²) in [5.74, 6) is 0.105. The van der Waals surface area contributed by atoms with Gasteiger partial charge in [0.05, 0.1) is 5.52 Å². The molecule has 3 aromatic carbocycles. The van der Waals surface area contributed by atoms with Gasteiger partial charge in [0.2, 0.25) is 0 Å². The standard InChI is InChI=1S/C22H20N6O/c1-22(2,3)13-11-15(14-7-6-10-18-20(14)24-27-23-18)21(29)19(12-13)28-25-16-8-4-5-9-17(16)26-28/h4-12,29H,1-3H3,(H,23,24,27). The first-order chi connectivity index (χ1) is 13.9. The van der Waals surface area contributed by atoms with Crippen LogP contribution in [-0.4, -0.2) is 35.5 Å². The minimum atomic E-state index is -0.137. The number of benzene rings is 3. The Kier molecular flexibility index (Phi) is 3.67. The molecule has 0 amide bonds. The van der Waals surface area contributed by atoms with Crippen LogP contribution in [0.1, 0.15) is 26.3 Å². The summed E-state index contributed by atoms with van der Waals surface area (Å²) in [5.41, 5.74) is 5.99. The number of H-pyrrole nitrogens is 1. The molecular formula is C22H20N6O. The van der Waals surface area contributed by atoms with Crippen molar-refractivity contribution in [3.8, 4) is 22.6 Å². The highest BCUT2D eigenvalue weighted by molar-refractivity contribution is 5.94. The largest absolute Gasteiger partial charge is 0.505 e. The van der Waals surface area contributed by atoms with Crippen LogP contribution >= 0.6 is 0 Å². The van der Waals surface area contributed by atoms with E-state index in [1.54, 1.807) is 0 Å². The van der Waals surface area contributed by atoms with E-state index in [0.29, 0.717) is 16.8 Å². The van der Waals surface area contributed by atoms with E-state index >= 15 is 0 Å². The fourth-order valence-corrected chi connectivity index (χ4v) is 3.47. The van der Waals surface area contributed by atoms with Crippen LogP contribution in [0.4, 0.5) is 0 Å². The van der Waals surface area contributed by atoms with Gasteiger partial charge >= 0.3 is 0 Å². The van der Waals surface area contributed by atoms with Crippen LogP contribution in [0, 0.1) is 0 Å². The summed E-state index contributed by atoms with van der Waals surface area (Å²) in [6.07, 6.45) is 0. The van der Waals surface area contributed by atoms with Gasteiger partial charge in [-0.05, 0) is 41.3 Å². The zero-order valence-corrected chi connectivity index (χ0v) is 16.4. The Hall–Kier alpha value is -3.74. The fourth-order valence-electron chi connectivity index (χ4n) is 3.47. The molecule has 0 unspecified atom stereocenters. The lowest BCUT2D eigenvalue weighted by atomic mass is 9.84. The van der Waals surface area contributed by atoms with Crippen molar-refractivity contribution in [2.75, 3.05) is 0 Å². The van der Waals surface area contributed by atoms with Gasteiger partial charge in [0.15, 0.2) is 5.75 Å². The molecule has 7 heteroatoms. The van der Waals surface area contributed by atoms with Gasteiger partial charge in [-0.2, -0.15) is 0 Å². The van der Waals surface area contributed by atoms with Gasteiger partial charge in [-0.3, -0.25) is 5.10 Å². The Labute approximate surface area is 167 Å². The third-order valence-corrected chi connectivity index (χ3v) is 5.10. The van der Waals surface area contributed by atoms with Crippen molar-refractivity contribution in [2.45, 2.75) is 26.2 Å². The highest BCUT2D eigenvalue weighted by atomic mass is 16.3. The minimum absolute atomic E-state index is 0.105. The number of nitrogens with zero attached hydrogens (tertiary/aromatic N) is 5. The number of hydrogen-bond donors (Lipinski definition) is 2. The fraction of sp³-hybridized carbons (Fsp3) is 0.182. The number of phenolic OH excluding ortho intramolecular Hbond substituents is 1. The Morgan fingerprint density at radius 1 is 0.897 bits per heavy atom. The number of fused-ring (bicyclic) bond motifs is 2. The highest BCUT2D eigenvalue weighted by Crippen LogP contribution is 2.40. The lowest BCUT2D eigenvalue weighted by molar-refractivity contribution is 0.468. The first-order valence-electron chi connectivity index (χ1n) is 9.42. The predicted molar refractivity (Wildman–Crippen MR) is 112 cm³/mol. The number of aromatic hydroxyl groups is 1. The van der Waals surface area contributed by atoms with E-state index in [-0.39, 0.29) is 11.2 Å². The highest BCUT2D eigenvalue weighted by Gasteiger charge is 2.23. The Morgan fingerprint density at radius 3 is 2.31 bits per heavy atom. The van der Waals surface area contributed by atoms with Crippen molar-refractivity contribution < 1.29 is 5.11 Å². The van der Waals surface area contributed by atoms with Crippen LogP contribution in [0.15, 0.2) is 54.6 Å². The predicted octanol–water partition coefficient (Wildman–Crippen LogP) is 4.36. The molecule has 0 spiro atoms. The zero-order valence-electron chi connectivity index (χ0n) is 16.4. The quantitative estimate of drug-likeness (QED) is 0.472. The van der Waals surface area contributed by atoms with Gasteiger partial charge in [-0.15, -0.1) is 20.1 Å². The van der Waals surface area contributed by atoms with E-state index in [1.807, 2.05) is 54.6 Å². The van der Waals surface area contributed by atoms with E-state index in [2.05, 4.69) is 46.4 Å². The van der Waals surface area contributed by atoms with Crippen LogP contribution < -0.4 is 0 Å². The Balaban J connectivity index is 1.82. The molecule has 0 aliphatic carbocycles. The molecule has 7 nitrogen and oxygen atoms in total. The lowest BCUT2D eigenvalue weighted by Gasteiger charge is -2.22. The molecular weight excluding hydrogens is 364 g/mol. The zero-order chi connectivity index (χ0) is 20.2. The van der Waals surface area contributed by atoms with Crippen LogP contribution in [0.2, 0.25) is 0 Å². The monoisotopic (exact) mass is 384 g/mol. The Morgan fingerprint density at radius 2 is 1.62 bits per heavy atom. The molecule has 0 saturated heterocycles. The molecule has 0 atom stereocenters. The summed E-state index contributed by atoms with van der Waals surface area (Å²) in [6, 6.07) is 17.4. The second-order valence-corrected chi connectivity index (χ2v) is 8.13. The van der Waals surface area contributed by atoms with Crippen LogP contribution in [0.25, 0.3) is 38.9 Å². The molecule has 5 rings (SSSR count). The number of aromatic amines is 1. The summed E-state index contributed by atoms with van der Waals surface area (Å²) in [6.45, 7) is 6.41. The van der Waals surface area contributed by atoms with Crippen molar-refractivity contribution in [3.05, 3.63) is 60.2 Å². The van der Waals surface area contributed by atoms with Crippen LogP contribution in [0.3, 0.4) is 0 Å². The number of rotatable bonds is 2. The van der Waals surface area contributed by atoms with Gasteiger partial charge < -0.3 is 5.11 Å². The van der Waals surface area contributed by atoms with E-state index in [0.717, 1.165) is 27.7 Å². The summed E-state index contributed by atoms with van der Waals surface area (Å²) < 4.78 is 0. The third kappa shape index (κ3) is 2.82. The van der Waals surface area contributed by atoms with Crippen LogP contribution in [-0.2, 0) is 5.41 Å². The number of nitrogens with one attached hydrogen (secondary N) is 1. The first kappa shape index (κ1) is 17.4. The average molecular weight is 384 g/mol. The number of aromatic nitrogens is 6. The second-order valence-electron chi connectivity index (χ2n) is 8.13. The maximum Gasteiger partial charge on any atom is 0.151 e. The second kappa shape index (κ2) is 6.13. The molecule has 2 N–H and O–H groups in total.